The molecule has 2 aromatic rings. The van der Waals surface area contributed by atoms with E-state index in [-0.39, 0.29) is 11.3 Å². The first kappa shape index (κ1) is 21.5. The summed E-state index contributed by atoms with van der Waals surface area (Å²) in [7, 11) is 0. The summed E-state index contributed by atoms with van der Waals surface area (Å²) in [5.74, 6) is -1.66. The Kier molecular flexibility index (Phi) is 6.51. The monoisotopic (exact) mass is 476 g/mol. The Morgan fingerprint density at radius 1 is 1.10 bits per heavy atom. The highest BCUT2D eigenvalue weighted by Crippen LogP contribution is 2.37. The molecule has 1 aliphatic rings. The van der Waals surface area contributed by atoms with E-state index < -0.39 is 23.7 Å². The number of benzene rings is 2. The molecule has 1 aliphatic heterocycles. The van der Waals surface area contributed by atoms with Crippen LogP contribution < -0.4 is 19.7 Å². The maximum Gasteiger partial charge on any atom is 0.336 e. The highest BCUT2D eigenvalue weighted by molar-refractivity contribution is 9.10. The SMILES string of the molecule is CCOc1cc(/C=C2/C(=O)NC(=O)N(c3ccccc3F)C2=O)cc(Br)c1OCC. The third-order valence-electron chi connectivity index (χ3n) is 4.13. The van der Waals surface area contributed by atoms with E-state index in [2.05, 4.69) is 21.2 Å². The van der Waals surface area contributed by atoms with Crippen LogP contribution >= 0.6 is 15.9 Å². The molecular weight excluding hydrogens is 459 g/mol. The lowest BCUT2D eigenvalue weighted by Gasteiger charge is -2.26. The number of halogens is 2. The number of urea groups is 1. The van der Waals surface area contributed by atoms with Gasteiger partial charge in [0.05, 0.1) is 23.4 Å². The number of carbonyl (C=O) groups is 3. The van der Waals surface area contributed by atoms with Crippen LogP contribution in [0.2, 0.25) is 0 Å². The topological polar surface area (TPSA) is 84.9 Å². The van der Waals surface area contributed by atoms with Crippen molar-refractivity contribution >= 4 is 45.5 Å². The van der Waals surface area contributed by atoms with E-state index in [0.29, 0.717) is 39.6 Å². The number of imide groups is 2. The van der Waals surface area contributed by atoms with Crippen LogP contribution in [0, 0.1) is 5.82 Å². The molecule has 1 heterocycles. The average molecular weight is 477 g/mol. The number of nitrogens with zero attached hydrogens (tertiary/aromatic N) is 1. The van der Waals surface area contributed by atoms with Crippen molar-refractivity contribution in [3.63, 3.8) is 0 Å². The van der Waals surface area contributed by atoms with Crippen LogP contribution in [0.5, 0.6) is 11.5 Å². The minimum absolute atomic E-state index is 0.249. The smallest absolute Gasteiger partial charge is 0.336 e. The number of amides is 4. The number of para-hydroxylation sites is 1. The summed E-state index contributed by atoms with van der Waals surface area (Å²) < 4.78 is 25.9. The molecule has 1 saturated heterocycles. The average Bonchev–Trinajstić information content (AvgIpc) is 2.69. The van der Waals surface area contributed by atoms with Crippen LogP contribution in [-0.4, -0.2) is 31.1 Å². The summed E-state index contributed by atoms with van der Waals surface area (Å²) in [6.45, 7) is 4.43. The number of hydrogen-bond acceptors (Lipinski definition) is 5. The van der Waals surface area contributed by atoms with Crippen molar-refractivity contribution in [1.29, 1.82) is 0 Å². The molecule has 0 bridgehead atoms. The highest BCUT2D eigenvalue weighted by atomic mass is 79.9. The molecule has 0 radical (unpaired) electrons. The molecule has 30 heavy (non-hydrogen) atoms. The molecule has 0 aromatic heterocycles. The molecule has 7 nitrogen and oxygen atoms in total. The minimum atomic E-state index is -1.02. The third kappa shape index (κ3) is 4.20. The zero-order valence-corrected chi connectivity index (χ0v) is 17.8. The van der Waals surface area contributed by atoms with Gasteiger partial charge in [0.25, 0.3) is 11.8 Å². The Bertz CT molecular complexity index is 1050. The van der Waals surface area contributed by atoms with Gasteiger partial charge in [0.15, 0.2) is 11.5 Å². The van der Waals surface area contributed by atoms with E-state index in [1.165, 1.54) is 24.3 Å². The lowest BCUT2D eigenvalue weighted by molar-refractivity contribution is -0.122. The second-order valence-corrected chi connectivity index (χ2v) is 6.96. The largest absolute Gasteiger partial charge is 0.490 e. The summed E-state index contributed by atoms with van der Waals surface area (Å²) in [6, 6.07) is 7.54. The Morgan fingerprint density at radius 2 is 1.80 bits per heavy atom. The van der Waals surface area contributed by atoms with Crippen molar-refractivity contribution in [3.05, 3.63) is 57.8 Å². The fourth-order valence-electron chi connectivity index (χ4n) is 2.89. The van der Waals surface area contributed by atoms with E-state index in [1.807, 2.05) is 13.8 Å². The van der Waals surface area contributed by atoms with Crippen LogP contribution in [-0.2, 0) is 9.59 Å². The minimum Gasteiger partial charge on any atom is -0.490 e. The van der Waals surface area contributed by atoms with Gasteiger partial charge in [-0.05, 0) is 65.7 Å². The summed E-state index contributed by atoms with van der Waals surface area (Å²) in [4.78, 5) is 38.1. The number of barbiturate groups is 1. The van der Waals surface area contributed by atoms with Gasteiger partial charge < -0.3 is 9.47 Å². The van der Waals surface area contributed by atoms with Crippen LogP contribution in [0.15, 0.2) is 46.4 Å². The highest BCUT2D eigenvalue weighted by Gasteiger charge is 2.38. The maximum atomic E-state index is 14.2. The van der Waals surface area contributed by atoms with Crippen LogP contribution in [0.25, 0.3) is 6.08 Å². The van der Waals surface area contributed by atoms with Crippen molar-refractivity contribution in [2.45, 2.75) is 13.8 Å². The second-order valence-electron chi connectivity index (χ2n) is 6.11. The second kappa shape index (κ2) is 9.08. The van der Waals surface area contributed by atoms with Gasteiger partial charge >= 0.3 is 6.03 Å². The van der Waals surface area contributed by atoms with Crippen molar-refractivity contribution in [3.8, 4) is 11.5 Å². The maximum absolute atomic E-state index is 14.2. The molecule has 4 amide bonds. The Hall–Kier alpha value is -3.20. The van der Waals surface area contributed by atoms with Gasteiger partial charge in [0, 0.05) is 0 Å². The van der Waals surface area contributed by atoms with E-state index in [4.69, 9.17) is 9.47 Å². The van der Waals surface area contributed by atoms with Gasteiger partial charge in [0.2, 0.25) is 0 Å². The van der Waals surface area contributed by atoms with E-state index in [1.54, 1.807) is 12.1 Å². The molecule has 0 atom stereocenters. The Labute approximate surface area is 180 Å². The fourth-order valence-corrected chi connectivity index (χ4v) is 3.47. The molecule has 1 N–H and O–H groups in total. The van der Waals surface area contributed by atoms with Crippen LogP contribution in [0.1, 0.15) is 19.4 Å². The quantitative estimate of drug-likeness (QED) is 0.502. The van der Waals surface area contributed by atoms with Gasteiger partial charge in [-0.2, -0.15) is 0 Å². The van der Waals surface area contributed by atoms with Gasteiger partial charge in [-0.25, -0.2) is 14.1 Å². The third-order valence-corrected chi connectivity index (χ3v) is 4.72. The molecule has 2 aromatic carbocycles. The number of nitrogens with one attached hydrogen (secondary N) is 1. The molecule has 0 aliphatic carbocycles. The van der Waals surface area contributed by atoms with Gasteiger partial charge in [-0.15, -0.1) is 0 Å². The normalized spacial score (nSPS) is 15.4. The van der Waals surface area contributed by atoms with Gasteiger partial charge in [0.1, 0.15) is 11.4 Å². The summed E-state index contributed by atoms with van der Waals surface area (Å²) in [5, 5.41) is 2.07. The Morgan fingerprint density at radius 3 is 2.47 bits per heavy atom. The molecule has 1 fully saturated rings. The molecular formula is C21H18BrFN2O5. The lowest BCUT2D eigenvalue weighted by Crippen LogP contribution is -2.54. The lowest BCUT2D eigenvalue weighted by atomic mass is 10.1. The number of carbonyl (C=O) groups excluding carboxylic acids is 3. The number of hydrogen-bond donors (Lipinski definition) is 1. The van der Waals surface area contributed by atoms with E-state index in [0.717, 1.165) is 6.07 Å². The molecule has 156 valence electrons. The zero-order chi connectivity index (χ0) is 21.8. The van der Waals surface area contributed by atoms with Crippen molar-refractivity contribution < 1.29 is 28.2 Å². The standard InChI is InChI=1S/C21H18BrFN2O5/c1-3-29-17-11-12(10-14(22)18(17)30-4-2)9-13-19(26)24-21(28)25(20(13)27)16-8-6-5-7-15(16)23/h5-11H,3-4H2,1-2H3,(H,24,26,28)/b13-9-. The molecule has 0 unspecified atom stereocenters. The van der Waals surface area contributed by atoms with Gasteiger partial charge in [-0.1, -0.05) is 12.1 Å². The van der Waals surface area contributed by atoms with E-state index >= 15 is 0 Å². The number of anilines is 1. The van der Waals surface area contributed by atoms with Gasteiger partial charge in [-0.3, -0.25) is 14.9 Å². The van der Waals surface area contributed by atoms with Crippen LogP contribution in [0.3, 0.4) is 0 Å². The summed E-state index contributed by atoms with van der Waals surface area (Å²) >= 11 is 3.40. The van der Waals surface area contributed by atoms with E-state index in [9.17, 15) is 18.8 Å². The fraction of sp³-hybridized carbons (Fsp3) is 0.190. The first-order valence-corrected chi connectivity index (χ1v) is 9.91. The van der Waals surface area contributed by atoms with Crippen molar-refractivity contribution in [1.82, 2.24) is 5.32 Å². The van der Waals surface area contributed by atoms with Crippen molar-refractivity contribution in [2.24, 2.45) is 0 Å². The number of ether oxygens (including phenoxy) is 2. The predicted octanol–water partition coefficient (Wildman–Crippen LogP) is 4.05. The predicted molar refractivity (Wildman–Crippen MR) is 112 cm³/mol. The number of rotatable bonds is 6. The van der Waals surface area contributed by atoms with Crippen molar-refractivity contribution in [2.75, 3.05) is 18.1 Å². The summed E-state index contributed by atoms with van der Waals surface area (Å²) in [6.07, 6.45) is 1.31. The molecule has 9 heteroatoms. The first-order chi connectivity index (χ1) is 14.4. The zero-order valence-electron chi connectivity index (χ0n) is 16.2. The molecule has 3 rings (SSSR count). The Balaban J connectivity index is 2.05. The summed E-state index contributed by atoms with van der Waals surface area (Å²) in [5.41, 5.74) is -0.118. The first-order valence-electron chi connectivity index (χ1n) is 9.12. The molecule has 0 saturated carbocycles. The molecule has 0 spiro atoms. The van der Waals surface area contributed by atoms with Crippen LogP contribution in [0.4, 0.5) is 14.9 Å².